The average molecular weight is 223 g/mol. The van der Waals surface area contributed by atoms with Crippen LogP contribution in [0.4, 0.5) is 5.69 Å². The highest BCUT2D eigenvalue weighted by Crippen LogP contribution is 2.35. The number of phenolic OH excluding ortho intramolecular Hbond substituents is 1. The molecule has 1 rings (SSSR count). The topological polar surface area (TPSA) is 72.6 Å². The van der Waals surface area contributed by atoms with Crippen LogP contribution in [0.3, 0.4) is 0 Å². The summed E-state index contributed by atoms with van der Waals surface area (Å²) >= 11 is 0. The summed E-state index contributed by atoms with van der Waals surface area (Å²) in [5, 5.41) is 20.4. The number of non-ortho nitro benzene ring substituents is 1. The van der Waals surface area contributed by atoms with Crippen molar-refractivity contribution in [1.29, 1.82) is 0 Å². The summed E-state index contributed by atoms with van der Waals surface area (Å²) < 4.78 is 4.87. The second-order valence-electron chi connectivity index (χ2n) is 3.15. The lowest BCUT2D eigenvalue weighted by Crippen LogP contribution is -1.92. The number of nitro groups is 1. The largest absolute Gasteiger partial charge is 0.504 e. The van der Waals surface area contributed by atoms with E-state index in [2.05, 4.69) is 0 Å². The smallest absolute Gasteiger partial charge is 0.274 e. The van der Waals surface area contributed by atoms with E-state index in [-0.39, 0.29) is 17.2 Å². The van der Waals surface area contributed by atoms with Gasteiger partial charge in [0.25, 0.3) is 5.69 Å². The molecule has 0 aliphatic heterocycles. The van der Waals surface area contributed by atoms with E-state index in [4.69, 9.17) is 4.74 Å². The lowest BCUT2D eigenvalue weighted by atomic mass is 10.1. The zero-order valence-corrected chi connectivity index (χ0v) is 9.14. The third-order valence-corrected chi connectivity index (χ3v) is 2.05. The van der Waals surface area contributed by atoms with Gasteiger partial charge in [0.2, 0.25) is 0 Å². The summed E-state index contributed by atoms with van der Waals surface area (Å²) in [4.78, 5) is 10.1. The zero-order valence-electron chi connectivity index (χ0n) is 9.14. The number of phenols is 1. The van der Waals surface area contributed by atoms with Crippen molar-refractivity contribution >= 4 is 11.8 Å². The fraction of sp³-hybridized carbons (Fsp3) is 0.273. The number of rotatable bonds is 4. The van der Waals surface area contributed by atoms with Crippen molar-refractivity contribution in [2.45, 2.75) is 13.3 Å². The Morgan fingerprint density at radius 1 is 1.56 bits per heavy atom. The summed E-state index contributed by atoms with van der Waals surface area (Å²) in [5.74, 6) is 0.0164. The van der Waals surface area contributed by atoms with Gasteiger partial charge in [0, 0.05) is 11.6 Å². The van der Waals surface area contributed by atoms with Gasteiger partial charge in [-0.05, 0) is 6.42 Å². The van der Waals surface area contributed by atoms with Gasteiger partial charge in [-0.25, -0.2) is 0 Å². The second kappa shape index (κ2) is 5.16. The van der Waals surface area contributed by atoms with Gasteiger partial charge < -0.3 is 9.84 Å². The van der Waals surface area contributed by atoms with Crippen molar-refractivity contribution in [1.82, 2.24) is 0 Å². The minimum Gasteiger partial charge on any atom is -0.504 e. The first kappa shape index (κ1) is 12.0. The molecule has 1 aromatic carbocycles. The first-order valence-corrected chi connectivity index (χ1v) is 4.82. The second-order valence-corrected chi connectivity index (χ2v) is 3.15. The predicted octanol–water partition coefficient (Wildman–Crippen LogP) is 2.73. The SMILES string of the molecule is CC/C=C/c1cc([N+](=O)[O-])cc(OC)c1O. The number of allylic oxidation sites excluding steroid dienone is 1. The van der Waals surface area contributed by atoms with Gasteiger partial charge in [-0.2, -0.15) is 0 Å². The highest BCUT2D eigenvalue weighted by atomic mass is 16.6. The van der Waals surface area contributed by atoms with Gasteiger partial charge in [-0.15, -0.1) is 0 Å². The normalized spacial score (nSPS) is 10.6. The van der Waals surface area contributed by atoms with Crippen molar-refractivity contribution in [3.8, 4) is 11.5 Å². The van der Waals surface area contributed by atoms with Gasteiger partial charge in [0.15, 0.2) is 11.5 Å². The maximum atomic E-state index is 10.7. The Morgan fingerprint density at radius 3 is 2.75 bits per heavy atom. The molecule has 0 saturated carbocycles. The fourth-order valence-electron chi connectivity index (χ4n) is 1.25. The Bertz CT molecular complexity index is 426. The quantitative estimate of drug-likeness (QED) is 0.629. The van der Waals surface area contributed by atoms with Crippen LogP contribution in [0.1, 0.15) is 18.9 Å². The number of methoxy groups -OCH3 is 1. The van der Waals surface area contributed by atoms with Crippen molar-refractivity contribution in [2.75, 3.05) is 7.11 Å². The molecule has 0 aromatic heterocycles. The van der Waals surface area contributed by atoms with E-state index in [1.54, 1.807) is 12.2 Å². The van der Waals surface area contributed by atoms with E-state index in [9.17, 15) is 15.2 Å². The fourth-order valence-corrected chi connectivity index (χ4v) is 1.25. The number of hydrogen-bond donors (Lipinski definition) is 1. The van der Waals surface area contributed by atoms with Crippen LogP contribution in [0, 0.1) is 10.1 Å². The first-order chi connectivity index (χ1) is 7.60. The van der Waals surface area contributed by atoms with Crippen molar-refractivity contribution in [2.24, 2.45) is 0 Å². The van der Waals surface area contributed by atoms with Crippen LogP contribution in [-0.2, 0) is 0 Å². The van der Waals surface area contributed by atoms with E-state index < -0.39 is 4.92 Å². The number of nitro benzene ring substituents is 1. The minimum absolute atomic E-state index is 0.0854. The van der Waals surface area contributed by atoms with Crippen LogP contribution in [0.25, 0.3) is 6.08 Å². The summed E-state index contributed by atoms with van der Waals surface area (Å²) in [6.45, 7) is 1.93. The van der Waals surface area contributed by atoms with Crippen LogP contribution >= 0.6 is 0 Å². The zero-order chi connectivity index (χ0) is 12.1. The standard InChI is InChI=1S/C11H13NO4/c1-3-4-5-8-6-9(12(14)15)7-10(16-2)11(8)13/h4-7,13H,3H2,1-2H3/b5-4+. The Labute approximate surface area is 93.1 Å². The van der Waals surface area contributed by atoms with Crippen LogP contribution in [0.5, 0.6) is 11.5 Å². The van der Waals surface area contributed by atoms with Gasteiger partial charge in [-0.1, -0.05) is 19.1 Å². The number of benzene rings is 1. The van der Waals surface area contributed by atoms with Crippen molar-refractivity contribution < 1.29 is 14.8 Å². The first-order valence-electron chi connectivity index (χ1n) is 4.82. The van der Waals surface area contributed by atoms with Crippen molar-refractivity contribution in [3.63, 3.8) is 0 Å². The molecule has 86 valence electrons. The molecular weight excluding hydrogens is 210 g/mol. The summed E-state index contributed by atoms with van der Waals surface area (Å²) in [6.07, 6.45) is 4.22. The summed E-state index contributed by atoms with van der Waals surface area (Å²) in [7, 11) is 1.35. The maximum Gasteiger partial charge on any atom is 0.274 e. The highest BCUT2D eigenvalue weighted by Gasteiger charge is 2.14. The maximum absolute atomic E-state index is 10.7. The third kappa shape index (κ3) is 2.50. The molecule has 0 aliphatic rings. The lowest BCUT2D eigenvalue weighted by Gasteiger charge is -2.05. The molecule has 1 aromatic rings. The Morgan fingerprint density at radius 2 is 2.25 bits per heavy atom. The molecule has 0 heterocycles. The average Bonchev–Trinajstić information content (AvgIpc) is 2.27. The molecule has 0 saturated heterocycles. The van der Waals surface area contributed by atoms with E-state index in [1.807, 2.05) is 6.92 Å². The van der Waals surface area contributed by atoms with Gasteiger partial charge in [0.1, 0.15) is 0 Å². The van der Waals surface area contributed by atoms with E-state index in [1.165, 1.54) is 19.2 Å². The van der Waals surface area contributed by atoms with Crippen LogP contribution in [0.2, 0.25) is 0 Å². The van der Waals surface area contributed by atoms with Gasteiger partial charge in [0.05, 0.1) is 18.1 Å². The van der Waals surface area contributed by atoms with Gasteiger partial charge >= 0.3 is 0 Å². The molecular formula is C11H13NO4. The number of aromatic hydroxyl groups is 1. The molecule has 0 amide bonds. The highest BCUT2D eigenvalue weighted by molar-refractivity contribution is 5.65. The van der Waals surface area contributed by atoms with Gasteiger partial charge in [-0.3, -0.25) is 10.1 Å². The molecule has 0 bridgehead atoms. The molecule has 0 radical (unpaired) electrons. The van der Waals surface area contributed by atoms with E-state index in [0.29, 0.717) is 5.56 Å². The Hall–Kier alpha value is -2.04. The summed E-state index contributed by atoms with van der Waals surface area (Å²) in [5.41, 5.74) is 0.276. The van der Waals surface area contributed by atoms with Crippen molar-refractivity contribution in [3.05, 3.63) is 33.9 Å². The number of hydrogen-bond acceptors (Lipinski definition) is 4. The minimum atomic E-state index is -0.523. The molecule has 0 spiro atoms. The van der Waals surface area contributed by atoms with Crippen LogP contribution in [-0.4, -0.2) is 17.1 Å². The molecule has 0 fully saturated rings. The number of ether oxygens (including phenoxy) is 1. The predicted molar refractivity (Wildman–Crippen MR) is 60.6 cm³/mol. The van der Waals surface area contributed by atoms with E-state index in [0.717, 1.165) is 6.42 Å². The summed E-state index contributed by atoms with van der Waals surface area (Å²) in [6, 6.07) is 2.50. The monoisotopic (exact) mass is 223 g/mol. The molecule has 0 unspecified atom stereocenters. The van der Waals surface area contributed by atoms with Crippen LogP contribution < -0.4 is 4.74 Å². The van der Waals surface area contributed by atoms with E-state index >= 15 is 0 Å². The molecule has 1 N–H and O–H groups in total. The Balaban J connectivity index is 3.29. The molecule has 5 nitrogen and oxygen atoms in total. The molecule has 0 atom stereocenters. The van der Waals surface area contributed by atoms with Crippen LogP contribution in [0.15, 0.2) is 18.2 Å². The molecule has 5 heteroatoms. The lowest BCUT2D eigenvalue weighted by molar-refractivity contribution is -0.385. The molecule has 16 heavy (non-hydrogen) atoms. The number of nitrogens with zero attached hydrogens (tertiary/aromatic N) is 1. The molecule has 0 aliphatic carbocycles. The Kier molecular flexibility index (Phi) is 3.88. The third-order valence-electron chi connectivity index (χ3n) is 2.05.